The number of aryl methyl sites for hydroxylation is 1. The van der Waals surface area contributed by atoms with Crippen molar-refractivity contribution in [1.82, 2.24) is 14.8 Å². The van der Waals surface area contributed by atoms with Gasteiger partial charge in [-0.15, -0.1) is 0 Å². The molecule has 0 atom stereocenters. The van der Waals surface area contributed by atoms with Gasteiger partial charge in [-0.05, 0) is 18.1 Å². The Morgan fingerprint density at radius 3 is 3.00 bits per heavy atom. The van der Waals surface area contributed by atoms with Crippen molar-refractivity contribution in [3.63, 3.8) is 0 Å². The Kier molecular flexibility index (Phi) is 3.57. The SMILES string of the molecule is Cn1cc(CCNc2cnccc2C(=O)O)cn1. The normalized spacial score (nSPS) is 10.3. The minimum atomic E-state index is -0.957. The Balaban J connectivity index is 1.96. The molecular weight excluding hydrogens is 232 g/mol. The number of rotatable bonds is 5. The van der Waals surface area contributed by atoms with Crippen molar-refractivity contribution in [1.29, 1.82) is 0 Å². The van der Waals surface area contributed by atoms with E-state index in [1.165, 1.54) is 18.5 Å². The van der Waals surface area contributed by atoms with Gasteiger partial charge in [-0.1, -0.05) is 0 Å². The zero-order valence-electron chi connectivity index (χ0n) is 10.00. The molecule has 0 aliphatic heterocycles. The van der Waals surface area contributed by atoms with Crippen LogP contribution < -0.4 is 5.32 Å². The number of hydrogen-bond donors (Lipinski definition) is 2. The van der Waals surface area contributed by atoms with Gasteiger partial charge in [0, 0.05) is 26.0 Å². The van der Waals surface area contributed by atoms with Crippen LogP contribution >= 0.6 is 0 Å². The van der Waals surface area contributed by atoms with Crippen LogP contribution in [0.2, 0.25) is 0 Å². The first kappa shape index (κ1) is 12.1. The number of carboxylic acid groups (broad SMARTS) is 1. The van der Waals surface area contributed by atoms with Crippen molar-refractivity contribution in [2.45, 2.75) is 6.42 Å². The number of pyridine rings is 1. The third-order valence-corrected chi connectivity index (χ3v) is 2.54. The van der Waals surface area contributed by atoms with Gasteiger partial charge in [0.15, 0.2) is 0 Å². The second-order valence-electron chi connectivity index (χ2n) is 3.93. The molecule has 94 valence electrons. The van der Waals surface area contributed by atoms with E-state index in [4.69, 9.17) is 5.11 Å². The number of nitrogens with zero attached hydrogens (tertiary/aromatic N) is 3. The Labute approximate surface area is 104 Å². The van der Waals surface area contributed by atoms with Gasteiger partial charge < -0.3 is 10.4 Å². The standard InChI is InChI=1S/C12H14N4O2/c1-16-8-9(6-15-16)2-5-14-11-7-13-4-3-10(11)12(17)18/h3-4,6-8,14H,2,5H2,1H3,(H,17,18). The molecule has 0 fully saturated rings. The largest absolute Gasteiger partial charge is 0.478 e. The van der Waals surface area contributed by atoms with Gasteiger partial charge in [0.2, 0.25) is 0 Å². The molecule has 2 N–H and O–H groups in total. The summed E-state index contributed by atoms with van der Waals surface area (Å²) >= 11 is 0. The van der Waals surface area contributed by atoms with Crippen LogP contribution in [0.15, 0.2) is 30.9 Å². The highest BCUT2D eigenvalue weighted by Crippen LogP contribution is 2.13. The number of aromatic nitrogens is 3. The van der Waals surface area contributed by atoms with E-state index < -0.39 is 5.97 Å². The maximum absolute atomic E-state index is 11.0. The lowest BCUT2D eigenvalue weighted by Gasteiger charge is -2.07. The molecule has 18 heavy (non-hydrogen) atoms. The summed E-state index contributed by atoms with van der Waals surface area (Å²) in [6, 6.07) is 1.48. The topological polar surface area (TPSA) is 80.0 Å². The first-order chi connectivity index (χ1) is 8.66. The maximum atomic E-state index is 11.0. The third kappa shape index (κ3) is 2.85. The van der Waals surface area contributed by atoms with Gasteiger partial charge in [-0.2, -0.15) is 5.10 Å². The molecule has 2 rings (SSSR count). The van der Waals surface area contributed by atoms with Gasteiger partial charge in [0.1, 0.15) is 0 Å². The first-order valence-electron chi connectivity index (χ1n) is 5.55. The Hall–Kier alpha value is -2.37. The lowest BCUT2D eigenvalue weighted by atomic mass is 10.2. The first-order valence-corrected chi connectivity index (χ1v) is 5.55. The Morgan fingerprint density at radius 2 is 2.33 bits per heavy atom. The second kappa shape index (κ2) is 5.31. The minimum Gasteiger partial charge on any atom is -0.478 e. The zero-order chi connectivity index (χ0) is 13.0. The van der Waals surface area contributed by atoms with Gasteiger partial charge in [-0.25, -0.2) is 4.79 Å². The quantitative estimate of drug-likeness (QED) is 0.827. The highest BCUT2D eigenvalue weighted by Gasteiger charge is 2.08. The van der Waals surface area contributed by atoms with Crippen LogP contribution in [-0.2, 0) is 13.5 Å². The number of carboxylic acids is 1. The number of nitrogens with one attached hydrogen (secondary N) is 1. The average molecular weight is 246 g/mol. The minimum absolute atomic E-state index is 0.233. The van der Waals surface area contributed by atoms with Gasteiger partial charge in [0.05, 0.1) is 23.6 Å². The van der Waals surface area contributed by atoms with Crippen molar-refractivity contribution in [3.8, 4) is 0 Å². The molecule has 2 heterocycles. The summed E-state index contributed by atoms with van der Waals surface area (Å²) in [5, 5.41) is 16.1. The lowest BCUT2D eigenvalue weighted by molar-refractivity contribution is 0.0698. The molecule has 0 aliphatic rings. The molecule has 6 nitrogen and oxygen atoms in total. The van der Waals surface area contributed by atoms with Crippen LogP contribution in [0.4, 0.5) is 5.69 Å². The summed E-state index contributed by atoms with van der Waals surface area (Å²) in [6.07, 6.45) is 7.50. The average Bonchev–Trinajstić information content (AvgIpc) is 2.75. The van der Waals surface area contributed by atoms with E-state index in [2.05, 4.69) is 15.4 Å². The number of carbonyl (C=O) groups is 1. The third-order valence-electron chi connectivity index (χ3n) is 2.54. The molecular formula is C12H14N4O2. The molecule has 0 saturated heterocycles. The molecule has 0 unspecified atom stereocenters. The number of hydrogen-bond acceptors (Lipinski definition) is 4. The van der Waals surface area contributed by atoms with E-state index in [1.807, 2.05) is 13.2 Å². The van der Waals surface area contributed by atoms with Gasteiger partial charge in [0.25, 0.3) is 0 Å². The monoisotopic (exact) mass is 246 g/mol. The van der Waals surface area contributed by atoms with E-state index in [0.29, 0.717) is 12.2 Å². The predicted octanol–water partition coefficient (Wildman–Crippen LogP) is 1.17. The van der Waals surface area contributed by atoms with Crippen molar-refractivity contribution < 1.29 is 9.90 Å². The van der Waals surface area contributed by atoms with Crippen molar-refractivity contribution in [3.05, 3.63) is 42.0 Å². The molecule has 0 bridgehead atoms. The van der Waals surface area contributed by atoms with Crippen molar-refractivity contribution in [2.75, 3.05) is 11.9 Å². The van der Waals surface area contributed by atoms with Crippen LogP contribution in [0.3, 0.4) is 0 Å². The van der Waals surface area contributed by atoms with Crippen LogP contribution in [0, 0.1) is 0 Å². The molecule has 2 aromatic rings. The fraction of sp³-hybridized carbons (Fsp3) is 0.250. The van der Waals surface area contributed by atoms with E-state index in [1.54, 1.807) is 10.9 Å². The number of anilines is 1. The van der Waals surface area contributed by atoms with Gasteiger partial charge in [-0.3, -0.25) is 9.67 Å². The van der Waals surface area contributed by atoms with Crippen LogP contribution in [-0.4, -0.2) is 32.4 Å². The fourth-order valence-corrected chi connectivity index (χ4v) is 1.66. The van der Waals surface area contributed by atoms with Crippen molar-refractivity contribution in [2.24, 2.45) is 7.05 Å². The van der Waals surface area contributed by atoms with Crippen LogP contribution in [0.1, 0.15) is 15.9 Å². The molecule has 0 radical (unpaired) electrons. The zero-order valence-corrected chi connectivity index (χ0v) is 10.00. The van der Waals surface area contributed by atoms with Crippen molar-refractivity contribution >= 4 is 11.7 Å². The van der Waals surface area contributed by atoms with E-state index in [0.717, 1.165) is 12.0 Å². The molecule has 0 aromatic carbocycles. The Bertz CT molecular complexity index is 551. The number of aromatic carboxylic acids is 1. The van der Waals surface area contributed by atoms with E-state index in [9.17, 15) is 4.79 Å². The maximum Gasteiger partial charge on any atom is 0.337 e. The molecule has 0 saturated carbocycles. The van der Waals surface area contributed by atoms with E-state index >= 15 is 0 Å². The lowest BCUT2D eigenvalue weighted by Crippen LogP contribution is -2.09. The summed E-state index contributed by atoms with van der Waals surface area (Å²) < 4.78 is 1.74. The van der Waals surface area contributed by atoms with Crippen LogP contribution in [0.25, 0.3) is 0 Å². The van der Waals surface area contributed by atoms with Gasteiger partial charge >= 0.3 is 5.97 Å². The molecule has 0 spiro atoms. The molecule has 0 aliphatic carbocycles. The fourth-order valence-electron chi connectivity index (χ4n) is 1.66. The molecule has 2 aromatic heterocycles. The summed E-state index contributed by atoms with van der Waals surface area (Å²) in [5.74, 6) is -0.957. The predicted molar refractivity (Wildman–Crippen MR) is 66.6 cm³/mol. The second-order valence-corrected chi connectivity index (χ2v) is 3.93. The smallest absolute Gasteiger partial charge is 0.337 e. The highest BCUT2D eigenvalue weighted by atomic mass is 16.4. The summed E-state index contributed by atoms with van der Waals surface area (Å²) in [4.78, 5) is 14.9. The molecule has 6 heteroatoms. The summed E-state index contributed by atoms with van der Waals surface area (Å²) in [5.41, 5.74) is 1.87. The van der Waals surface area contributed by atoms with E-state index in [-0.39, 0.29) is 5.56 Å². The summed E-state index contributed by atoms with van der Waals surface area (Å²) in [7, 11) is 1.86. The van der Waals surface area contributed by atoms with Crippen LogP contribution in [0.5, 0.6) is 0 Å². The summed E-state index contributed by atoms with van der Waals surface area (Å²) in [6.45, 7) is 0.637. The molecule has 0 amide bonds. The highest BCUT2D eigenvalue weighted by molar-refractivity contribution is 5.93. The Morgan fingerprint density at radius 1 is 1.50 bits per heavy atom.